The number of benzene rings is 3. The highest BCUT2D eigenvalue weighted by Gasteiger charge is 2.30. The van der Waals surface area contributed by atoms with Crippen LogP contribution >= 0.6 is 0 Å². The molecule has 3 aromatic carbocycles. The van der Waals surface area contributed by atoms with E-state index in [1.54, 1.807) is 41.3 Å². The van der Waals surface area contributed by atoms with Gasteiger partial charge in [0.05, 0.1) is 24.1 Å². The van der Waals surface area contributed by atoms with Crippen molar-refractivity contribution in [3.05, 3.63) is 90.2 Å². The number of nitrogens with zero attached hydrogens (tertiary/aromatic N) is 1. The standard InChI is InChI=1S/C23H21N3O4S/c1-30-19-12-10-17(11-13-19)25-31(28,29)20-9-5-8-18(14-20)26-15-21(27)22(23(26)24)16-6-3-2-4-7-16/h2-14,24-25,27H,15H2,1H3. The number of methoxy groups -OCH3 is 1. The van der Waals surface area contributed by atoms with Crippen LogP contribution in [0.2, 0.25) is 0 Å². The monoisotopic (exact) mass is 435 g/mol. The molecule has 3 N–H and O–H groups in total. The van der Waals surface area contributed by atoms with E-state index < -0.39 is 10.0 Å². The Kier molecular flexibility index (Phi) is 5.39. The summed E-state index contributed by atoms with van der Waals surface area (Å²) in [5.41, 5.74) is 2.08. The lowest BCUT2D eigenvalue weighted by atomic mass is 10.1. The van der Waals surface area contributed by atoms with E-state index in [4.69, 9.17) is 10.1 Å². The molecule has 158 valence electrons. The van der Waals surface area contributed by atoms with Crippen LogP contribution in [-0.4, -0.2) is 33.0 Å². The van der Waals surface area contributed by atoms with Gasteiger partial charge in [0.25, 0.3) is 10.0 Å². The fraction of sp³-hybridized carbons (Fsp3) is 0.0870. The molecular formula is C23H21N3O4S. The summed E-state index contributed by atoms with van der Waals surface area (Å²) >= 11 is 0. The lowest BCUT2D eigenvalue weighted by Crippen LogP contribution is -2.26. The number of sulfonamides is 1. The van der Waals surface area contributed by atoms with E-state index in [1.165, 1.54) is 19.2 Å². The Labute approximate surface area is 180 Å². The van der Waals surface area contributed by atoms with E-state index >= 15 is 0 Å². The zero-order chi connectivity index (χ0) is 22.0. The van der Waals surface area contributed by atoms with Gasteiger partial charge in [0.15, 0.2) is 0 Å². The van der Waals surface area contributed by atoms with Gasteiger partial charge in [-0.2, -0.15) is 0 Å². The first-order valence-electron chi connectivity index (χ1n) is 9.50. The van der Waals surface area contributed by atoms with Crippen molar-refractivity contribution in [2.45, 2.75) is 4.90 Å². The maximum atomic E-state index is 12.9. The molecule has 4 rings (SSSR count). The van der Waals surface area contributed by atoms with Crippen molar-refractivity contribution >= 4 is 32.8 Å². The summed E-state index contributed by atoms with van der Waals surface area (Å²) < 4.78 is 33.4. The van der Waals surface area contributed by atoms with Crippen LogP contribution in [0.3, 0.4) is 0 Å². The van der Waals surface area contributed by atoms with Gasteiger partial charge in [-0.15, -0.1) is 0 Å². The summed E-state index contributed by atoms with van der Waals surface area (Å²) in [5.74, 6) is 0.807. The number of nitrogens with one attached hydrogen (secondary N) is 2. The molecule has 3 aromatic rings. The van der Waals surface area contributed by atoms with E-state index in [-0.39, 0.29) is 23.0 Å². The van der Waals surface area contributed by atoms with Crippen LogP contribution in [0, 0.1) is 5.41 Å². The second kappa shape index (κ2) is 8.16. The molecule has 0 saturated carbocycles. The van der Waals surface area contributed by atoms with E-state index in [1.807, 2.05) is 30.3 Å². The van der Waals surface area contributed by atoms with Crippen molar-refractivity contribution in [2.75, 3.05) is 23.3 Å². The summed E-state index contributed by atoms with van der Waals surface area (Å²) in [5, 5.41) is 19.0. The highest BCUT2D eigenvalue weighted by Crippen LogP contribution is 2.32. The Balaban J connectivity index is 1.59. The number of aliphatic hydroxyl groups excluding tert-OH is 1. The third kappa shape index (κ3) is 4.10. The molecule has 0 radical (unpaired) electrons. The van der Waals surface area contributed by atoms with E-state index in [2.05, 4.69) is 4.72 Å². The van der Waals surface area contributed by atoms with Crippen LogP contribution in [0.25, 0.3) is 5.57 Å². The fourth-order valence-electron chi connectivity index (χ4n) is 3.40. The second-order valence-corrected chi connectivity index (χ2v) is 8.64. The predicted molar refractivity (Wildman–Crippen MR) is 121 cm³/mol. The maximum Gasteiger partial charge on any atom is 0.261 e. The zero-order valence-electron chi connectivity index (χ0n) is 16.7. The molecule has 0 atom stereocenters. The summed E-state index contributed by atoms with van der Waals surface area (Å²) in [6.45, 7) is 0.0957. The van der Waals surface area contributed by atoms with Crippen molar-refractivity contribution < 1.29 is 18.3 Å². The van der Waals surface area contributed by atoms with Gasteiger partial charge in [0.1, 0.15) is 17.3 Å². The quantitative estimate of drug-likeness (QED) is 0.537. The molecule has 0 amide bonds. The molecule has 31 heavy (non-hydrogen) atoms. The molecule has 8 heteroatoms. The van der Waals surface area contributed by atoms with Gasteiger partial charge in [-0.05, 0) is 48.0 Å². The minimum absolute atomic E-state index is 0.0567. The molecule has 1 aliphatic rings. The Bertz CT molecular complexity index is 1250. The second-order valence-electron chi connectivity index (χ2n) is 6.95. The van der Waals surface area contributed by atoms with Gasteiger partial charge < -0.3 is 14.7 Å². The highest BCUT2D eigenvalue weighted by molar-refractivity contribution is 7.92. The van der Waals surface area contributed by atoms with Crippen molar-refractivity contribution in [3.63, 3.8) is 0 Å². The Morgan fingerprint density at radius 3 is 2.39 bits per heavy atom. The number of ether oxygens (including phenoxy) is 1. The minimum Gasteiger partial charge on any atom is -0.510 e. The fourth-order valence-corrected chi connectivity index (χ4v) is 4.50. The average Bonchev–Trinajstić information content (AvgIpc) is 3.08. The summed E-state index contributed by atoms with van der Waals surface area (Å²) in [4.78, 5) is 1.63. The first-order chi connectivity index (χ1) is 14.9. The van der Waals surface area contributed by atoms with Gasteiger partial charge in [0, 0.05) is 11.4 Å². The van der Waals surface area contributed by atoms with Crippen molar-refractivity contribution in [1.82, 2.24) is 0 Å². The van der Waals surface area contributed by atoms with Crippen LogP contribution in [0.5, 0.6) is 5.75 Å². The molecule has 0 aromatic heterocycles. The Hall–Kier alpha value is -3.78. The van der Waals surface area contributed by atoms with Crippen LogP contribution < -0.4 is 14.4 Å². The largest absolute Gasteiger partial charge is 0.510 e. The number of hydrogen-bond acceptors (Lipinski definition) is 5. The highest BCUT2D eigenvalue weighted by atomic mass is 32.2. The smallest absolute Gasteiger partial charge is 0.261 e. The summed E-state index contributed by atoms with van der Waals surface area (Å²) in [6, 6.07) is 22.0. The van der Waals surface area contributed by atoms with Gasteiger partial charge in [-0.3, -0.25) is 10.1 Å². The molecule has 0 saturated heterocycles. The predicted octanol–water partition coefficient (Wildman–Crippen LogP) is 4.26. The Morgan fingerprint density at radius 2 is 1.71 bits per heavy atom. The van der Waals surface area contributed by atoms with Gasteiger partial charge in [-0.25, -0.2) is 8.42 Å². The van der Waals surface area contributed by atoms with Crippen LogP contribution in [0.4, 0.5) is 11.4 Å². The average molecular weight is 436 g/mol. The number of amidine groups is 1. The Morgan fingerprint density at radius 1 is 1.00 bits per heavy atom. The third-order valence-electron chi connectivity index (χ3n) is 4.95. The van der Waals surface area contributed by atoms with E-state index in [0.717, 1.165) is 5.56 Å². The van der Waals surface area contributed by atoms with Gasteiger partial charge in [0.2, 0.25) is 0 Å². The van der Waals surface area contributed by atoms with E-state index in [0.29, 0.717) is 22.7 Å². The number of hydrogen-bond donors (Lipinski definition) is 3. The molecule has 7 nitrogen and oxygen atoms in total. The molecule has 0 fully saturated rings. The van der Waals surface area contributed by atoms with Crippen molar-refractivity contribution in [3.8, 4) is 5.75 Å². The van der Waals surface area contributed by atoms with Crippen LogP contribution in [0.1, 0.15) is 5.56 Å². The first kappa shape index (κ1) is 20.5. The molecule has 0 bridgehead atoms. The molecule has 0 aliphatic carbocycles. The molecular weight excluding hydrogens is 414 g/mol. The first-order valence-corrected chi connectivity index (χ1v) is 11.0. The van der Waals surface area contributed by atoms with Gasteiger partial charge in [-0.1, -0.05) is 36.4 Å². The topological polar surface area (TPSA) is 103 Å². The number of anilines is 2. The zero-order valence-corrected chi connectivity index (χ0v) is 17.6. The summed E-state index contributed by atoms with van der Waals surface area (Å²) in [6.07, 6.45) is 0. The number of aliphatic hydroxyl groups is 1. The SMILES string of the molecule is COc1ccc(NS(=O)(=O)c2cccc(N3CC(O)=C(c4ccccc4)C3=N)c2)cc1. The van der Waals surface area contributed by atoms with Crippen LogP contribution in [-0.2, 0) is 10.0 Å². The normalized spacial score (nSPS) is 14.1. The van der Waals surface area contributed by atoms with E-state index in [9.17, 15) is 13.5 Å². The minimum atomic E-state index is -3.85. The lowest BCUT2D eigenvalue weighted by molar-refractivity contribution is 0.411. The molecule has 1 aliphatic heterocycles. The van der Waals surface area contributed by atoms with Gasteiger partial charge >= 0.3 is 0 Å². The lowest BCUT2D eigenvalue weighted by Gasteiger charge is -2.20. The molecule has 1 heterocycles. The molecule has 0 unspecified atom stereocenters. The summed E-state index contributed by atoms with van der Waals surface area (Å²) in [7, 11) is -2.31. The van der Waals surface area contributed by atoms with Crippen LogP contribution in [0.15, 0.2) is 89.5 Å². The third-order valence-corrected chi connectivity index (χ3v) is 6.33. The maximum absolute atomic E-state index is 12.9. The number of rotatable bonds is 6. The van der Waals surface area contributed by atoms with Crippen molar-refractivity contribution in [1.29, 1.82) is 5.41 Å². The van der Waals surface area contributed by atoms with Crippen molar-refractivity contribution in [2.24, 2.45) is 0 Å². The molecule has 0 spiro atoms.